The van der Waals surface area contributed by atoms with E-state index in [1.165, 1.54) is 0 Å². The van der Waals surface area contributed by atoms with Crippen LogP contribution in [0, 0.1) is 0 Å². The van der Waals surface area contributed by atoms with E-state index >= 15 is 0 Å². The largest absolute Gasteiger partial charge is 0.384 e. The summed E-state index contributed by atoms with van der Waals surface area (Å²) >= 11 is 3.37. The van der Waals surface area contributed by atoms with Crippen molar-refractivity contribution >= 4 is 27.4 Å². The Balaban J connectivity index is 2.24. The van der Waals surface area contributed by atoms with Gasteiger partial charge in [-0.1, -0.05) is 22.0 Å². The second-order valence-corrected chi connectivity index (χ2v) is 4.43. The Kier molecular flexibility index (Phi) is 2.29. The maximum absolute atomic E-state index is 5.86. The molecule has 0 fully saturated rings. The fraction of sp³-hybridized carbons (Fsp3) is 0. The van der Waals surface area contributed by atoms with Crippen LogP contribution in [0.3, 0.4) is 0 Å². The number of anilines is 1. The van der Waals surface area contributed by atoms with E-state index in [1.54, 1.807) is 16.8 Å². The fourth-order valence-corrected chi connectivity index (χ4v) is 2.02. The summed E-state index contributed by atoms with van der Waals surface area (Å²) in [7, 11) is 0. The molecule has 0 unspecified atom stereocenters. The molecule has 0 radical (unpaired) electrons. The summed E-state index contributed by atoms with van der Waals surface area (Å²) in [6.07, 6.45) is 1.71. The summed E-state index contributed by atoms with van der Waals surface area (Å²) in [4.78, 5) is 8.59. The van der Waals surface area contributed by atoms with E-state index in [-0.39, 0.29) is 0 Å². The van der Waals surface area contributed by atoms with Crippen LogP contribution in [0.15, 0.2) is 41.0 Å². The smallest absolute Gasteiger partial charge is 0.200 e. The third-order valence-electron chi connectivity index (χ3n) is 2.32. The van der Waals surface area contributed by atoms with Crippen molar-refractivity contribution in [3.63, 3.8) is 0 Å². The topological polar surface area (TPSA) is 69.1 Å². The number of fused-ring (bicyclic) bond motifs is 1. The van der Waals surface area contributed by atoms with E-state index in [0.29, 0.717) is 17.3 Å². The Morgan fingerprint density at radius 1 is 1.24 bits per heavy atom. The highest BCUT2D eigenvalue weighted by molar-refractivity contribution is 9.10. The van der Waals surface area contributed by atoms with Gasteiger partial charge in [0.15, 0.2) is 5.65 Å². The molecule has 6 heteroatoms. The molecule has 0 saturated heterocycles. The number of pyridine rings is 2. The van der Waals surface area contributed by atoms with Crippen molar-refractivity contribution < 1.29 is 0 Å². The first-order valence-electron chi connectivity index (χ1n) is 4.97. The van der Waals surface area contributed by atoms with Crippen molar-refractivity contribution in [1.29, 1.82) is 0 Å². The molecule has 2 N–H and O–H groups in total. The van der Waals surface area contributed by atoms with Crippen molar-refractivity contribution in [2.24, 2.45) is 0 Å². The SMILES string of the molecule is Nc1cc(Br)cc2nc(-c3ccccn3)nn12. The quantitative estimate of drug-likeness (QED) is 0.745. The molecule has 3 aromatic rings. The standard InChI is InChI=1S/C11H8BrN5/c12-7-5-9(13)17-10(6-7)15-11(16-17)8-3-1-2-4-14-8/h1-6H,13H2. The predicted octanol–water partition coefficient (Wildman–Crippen LogP) is 2.14. The molecule has 84 valence electrons. The number of aromatic nitrogens is 4. The molecule has 0 atom stereocenters. The first-order valence-corrected chi connectivity index (χ1v) is 5.76. The lowest BCUT2D eigenvalue weighted by Gasteiger charge is -1.97. The molecule has 3 rings (SSSR count). The van der Waals surface area contributed by atoms with Gasteiger partial charge in [0.25, 0.3) is 0 Å². The molecule has 0 amide bonds. The number of hydrogen-bond donors (Lipinski definition) is 1. The van der Waals surface area contributed by atoms with Crippen LogP contribution in [0.5, 0.6) is 0 Å². The average Bonchev–Trinajstić information content (AvgIpc) is 2.74. The second-order valence-electron chi connectivity index (χ2n) is 3.52. The van der Waals surface area contributed by atoms with Gasteiger partial charge < -0.3 is 5.73 Å². The summed E-state index contributed by atoms with van der Waals surface area (Å²) in [5.41, 5.74) is 7.28. The van der Waals surface area contributed by atoms with Crippen molar-refractivity contribution in [3.05, 3.63) is 41.0 Å². The average molecular weight is 290 g/mol. The van der Waals surface area contributed by atoms with E-state index < -0.39 is 0 Å². The molecule has 3 aromatic heterocycles. The lowest BCUT2D eigenvalue weighted by Crippen LogP contribution is -1.98. The molecule has 0 aliphatic heterocycles. The lowest BCUT2D eigenvalue weighted by atomic mass is 10.3. The first kappa shape index (κ1) is 10.2. The van der Waals surface area contributed by atoms with Gasteiger partial charge in [0, 0.05) is 10.7 Å². The lowest BCUT2D eigenvalue weighted by molar-refractivity contribution is 0.973. The monoisotopic (exact) mass is 289 g/mol. The maximum Gasteiger partial charge on any atom is 0.200 e. The van der Waals surface area contributed by atoms with Crippen molar-refractivity contribution in [3.8, 4) is 11.5 Å². The number of nitrogens with two attached hydrogens (primary N) is 1. The number of rotatable bonds is 1. The molecule has 0 saturated carbocycles. The summed E-state index contributed by atoms with van der Waals surface area (Å²) in [6, 6.07) is 9.25. The molecule has 0 aliphatic carbocycles. The molecule has 0 spiro atoms. The third-order valence-corrected chi connectivity index (χ3v) is 2.78. The Morgan fingerprint density at radius 2 is 2.12 bits per heavy atom. The van der Waals surface area contributed by atoms with E-state index in [2.05, 4.69) is 31.0 Å². The highest BCUT2D eigenvalue weighted by Gasteiger charge is 2.09. The second kappa shape index (κ2) is 3.81. The molecule has 0 aliphatic rings. The van der Waals surface area contributed by atoms with Crippen LogP contribution >= 0.6 is 15.9 Å². The van der Waals surface area contributed by atoms with E-state index in [0.717, 1.165) is 10.2 Å². The molecule has 3 heterocycles. The zero-order valence-electron chi connectivity index (χ0n) is 8.71. The van der Waals surface area contributed by atoms with Crippen LogP contribution in [0.25, 0.3) is 17.2 Å². The summed E-state index contributed by atoms with van der Waals surface area (Å²) in [5, 5.41) is 4.32. The molecule has 17 heavy (non-hydrogen) atoms. The minimum atomic E-state index is 0.532. The van der Waals surface area contributed by atoms with E-state index in [9.17, 15) is 0 Å². The van der Waals surface area contributed by atoms with E-state index in [4.69, 9.17) is 5.73 Å². The zero-order chi connectivity index (χ0) is 11.8. The Morgan fingerprint density at radius 3 is 2.88 bits per heavy atom. The van der Waals surface area contributed by atoms with Crippen LogP contribution in [0.2, 0.25) is 0 Å². The van der Waals surface area contributed by atoms with Crippen LogP contribution in [-0.4, -0.2) is 19.6 Å². The van der Waals surface area contributed by atoms with Gasteiger partial charge in [-0.15, -0.1) is 5.10 Å². The van der Waals surface area contributed by atoms with Crippen LogP contribution in [-0.2, 0) is 0 Å². The number of hydrogen-bond acceptors (Lipinski definition) is 4. The van der Waals surface area contributed by atoms with Gasteiger partial charge in [0.1, 0.15) is 11.5 Å². The molecule has 0 aromatic carbocycles. The van der Waals surface area contributed by atoms with Gasteiger partial charge in [0.2, 0.25) is 5.82 Å². The van der Waals surface area contributed by atoms with Gasteiger partial charge in [0.05, 0.1) is 0 Å². The zero-order valence-corrected chi connectivity index (χ0v) is 10.3. The Hall–Kier alpha value is -1.95. The predicted molar refractivity (Wildman–Crippen MR) is 68.3 cm³/mol. The van der Waals surface area contributed by atoms with Gasteiger partial charge in [-0.25, -0.2) is 4.98 Å². The normalized spacial score (nSPS) is 10.9. The van der Waals surface area contributed by atoms with Crippen LogP contribution in [0.1, 0.15) is 0 Å². The summed E-state index contributed by atoms with van der Waals surface area (Å²) in [5.74, 6) is 1.10. The number of halogens is 1. The van der Waals surface area contributed by atoms with Crippen LogP contribution < -0.4 is 5.73 Å². The van der Waals surface area contributed by atoms with Crippen molar-refractivity contribution in [2.75, 3.05) is 5.73 Å². The van der Waals surface area contributed by atoms with Crippen LogP contribution in [0.4, 0.5) is 5.82 Å². The van der Waals surface area contributed by atoms with Gasteiger partial charge in [-0.05, 0) is 24.3 Å². The molecular formula is C11H8BrN5. The minimum Gasteiger partial charge on any atom is -0.384 e. The summed E-state index contributed by atoms with van der Waals surface area (Å²) in [6.45, 7) is 0. The van der Waals surface area contributed by atoms with Gasteiger partial charge in [-0.2, -0.15) is 4.52 Å². The van der Waals surface area contributed by atoms with Crippen molar-refractivity contribution in [1.82, 2.24) is 19.6 Å². The maximum atomic E-state index is 5.86. The Labute approximate surface area is 105 Å². The summed E-state index contributed by atoms with van der Waals surface area (Å²) < 4.78 is 2.47. The van der Waals surface area contributed by atoms with Crippen molar-refractivity contribution in [2.45, 2.75) is 0 Å². The molecular weight excluding hydrogens is 282 g/mol. The Bertz CT molecular complexity index is 677. The minimum absolute atomic E-state index is 0.532. The number of nitrogen functional groups attached to an aromatic ring is 1. The number of nitrogens with zero attached hydrogens (tertiary/aromatic N) is 4. The van der Waals surface area contributed by atoms with Gasteiger partial charge in [-0.3, -0.25) is 4.98 Å². The highest BCUT2D eigenvalue weighted by Crippen LogP contribution is 2.19. The molecule has 0 bridgehead atoms. The highest BCUT2D eigenvalue weighted by atomic mass is 79.9. The third kappa shape index (κ3) is 1.76. The molecule has 5 nitrogen and oxygen atoms in total. The van der Waals surface area contributed by atoms with E-state index in [1.807, 2.05) is 24.3 Å². The fourth-order valence-electron chi connectivity index (χ4n) is 1.58. The van der Waals surface area contributed by atoms with Gasteiger partial charge >= 0.3 is 0 Å². The first-order chi connectivity index (χ1) is 8.24.